The molecule has 2 unspecified atom stereocenters. The van der Waals surface area contributed by atoms with E-state index >= 15 is 0 Å². The van der Waals surface area contributed by atoms with Crippen LogP contribution in [0.1, 0.15) is 11.1 Å². The highest BCUT2D eigenvalue weighted by Crippen LogP contribution is 2.40. The lowest BCUT2D eigenvalue weighted by Crippen LogP contribution is -2.41. The molecule has 0 bridgehead atoms. The topological polar surface area (TPSA) is 0 Å². The molecular formula is C40H28F2S2Si2. The van der Waals surface area contributed by atoms with Crippen LogP contribution in [0, 0.1) is 33.2 Å². The molecular weight excluding hydrogens is 639 g/mol. The molecule has 0 fully saturated rings. The van der Waals surface area contributed by atoms with Crippen molar-refractivity contribution in [1.29, 1.82) is 0 Å². The van der Waals surface area contributed by atoms with Crippen molar-refractivity contribution in [1.82, 2.24) is 0 Å². The Kier molecular flexibility index (Phi) is 7.63. The quantitative estimate of drug-likeness (QED) is 0.0997. The first-order chi connectivity index (χ1) is 22.2. The Bertz CT molecular complexity index is 2210. The molecule has 222 valence electrons. The molecule has 7 aromatic rings. The van der Waals surface area contributed by atoms with Gasteiger partial charge in [0.1, 0.15) is 0 Å². The van der Waals surface area contributed by atoms with Crippen LogP contribution in [0.3, 0.4) is 0 Å². The van der Waals surface area contributed by atoms with Crippen LogP contribution >= 0.6 is 22.7 Å². The van der Waals surface area contributed by atoms with Gasteiger partial charge in [-0.3, -0.25) is 0 Å². The van der Waals surface area contributed by atoms with Crippen molar-refractivity contribution in [2.45, 2.75) is 13.1 Å². The summed E-state index contributed by atoms with van der Waals surface area (Å²) in [7, 11) is -4.80. The molecule has 2 aromatic heterocycles. The largest absolute Gasteiger partial charge is 0.195 e. The highest BCUT2D eigenvalue weighted by Gasteiger charge is 2.25. The van der Waals surface area contributed by atoms with Crippen molar-refractivity contribution < 1.29 is 8.78 Å². The van der Waals surface area contributed by atoms with Gasteiger partial charge in [-0.1, -0.05) is 97.0 Å². The number of hydrogen-bond donors (Lipinski definition) is 0. The van der Waals surface area contributed by atoms with Crippen molar-refractivity contribution in [2.75, 3.05) is 0 Å². The van der Waals surface area contributed by atoms with Crippen LogP contribution in [0.2, 0.25) is 13.1 Å². The zero-order chi connectivity index (χ0) is 32.1. The maximum absolute atomic E-state index is 14.6. The van der Waals surface area contributed by atoms with Gasteiger partial charge in [0.05, 0.1) is 0 Å². The van der Waals surface area contributed by atoms with Crippen LogP contribution in [0.5, 0.6) is 0 Å². The smallest absolute Gasteiger partial charge is 0.188 e. The number of rotatable bonds is 4. The fourth-order valence-electron chi connectivity index (χ4n) is 5.93. The predicted octanol–water partition coefficient (Wildman–Crippen LogP) is 9.90. The van der Waals surface area contributed by atoms with E-state index in [4.69, 9.17) is 0 Å². The summed E-state index contributed by atoms with van der Waals surface area (Å²) < 4.78 is 30.9. The van der Waals surface area contributed by atoms with E-state index in [0.717, 1.165) is 75.5 Å². The fraction of sp³-hybridized carbons (Fsp3) is 0.0500. The monoisotopic (exact) mass is 666 g/mol. The summed E-state index contributed by atoms with van der Waals surface area (Å²) in [6.07, 6.45) is 0. The second kappa shape index (κ2) is 11.7. The third-order valence-corrected chi connectivity index (χ3v) is 16.5. The minimum Gasteiger partial charge on any atom is -0.195 e. The summed E-state index contributed by atoms with van der Waals surface area (Å²) in [6, 6.07) is 31.9. The molecule has 0 spiro atoms. The van der Waals surface area contributed by atoms with Crippen LogP contribution in [-0.2, 0) is 0 Å². The van der Waals surface area contributed by atoms with Gasteiger partial charge >= 0.3 is 0 Å². The van der Waals surface area contributed by atoms with Crippen LogP contribution in [0.25, 0.3) is 41.7 Å². The zero-order valence-corrected chi connectivity index (χ0v) is 29.0. The Morgan fingerprint density at radius 1 is 0.565 bits per heavy atom. The summed E-state index contributed by atoms with van der Waals surface area (Å²) in [4.78, 5) is 0. The van der Waals surface area contributed by atoms with Gasteiger partial charge in [0, 0.05) is 31.3 Å². The van der Waals surface area contributed by atoms with Crippen LogP contribution in [0.4, 0.5) is 8.78 Å². The molecule has 0 aliphatic rings. The van der Waals surface area contributed by atoms with Gasteiger partial charge in [-0.25, -0.2) is 0 Å². The number of benzene rings is 5. The zero-order valence-electron chi connectivity index (χ0n) is 25.4. The first kappa shape index (κ1) is 30.1. The van der Waals surface area contributed by atoms with Crippen LogP contribution < -0.4 is 10.4 Å². The highest BCUT2D eigenvalue weighted by atomic mass is 32.1. The Morgan fingerprint density at radius 2 is 0.935 bits per heavy atom. The molecule has 7 rings (SSSR count). The lowest BCUT2D eigenvalue weighted by molar-refractivity contribution is 0.658. The molecule has 6 heteroatoms. The van der Waals surface area contributed by atoms with Gasteiger partial charge in [0.15, 0.2) is 26.4 Å². The Morgan fingerprint density at radius 3 is 1.30 bits per heavy atom. The van der Waals surface area contributed by atoms with Crippen molar-refractivity contribution in [3.63, 3.8) is 0 Å². The number of halogens is 2. The summed E-state index contributed by atoms with van der Waals surface area (Å²) in [5, 5.41) is 7.13. The van der Waals surface area contributed by atoms with E-state index in [-0.39, 0.29) is 10.3 Å². The Labute approximate surface area is 277 Å². The molecule has 0 aliphatic carbocycles. The van der Waals surface area contributed by atoms with Gasteiger partial charge in [0.2, 0.25) is 0 Å². The van der Waals surface area contributed by atoms with E-state index in [0.29, 0.717) is 0 Å². The predicted molar refractivity (Wildman–Crippen MR) is 202 cm³/mol. The second-order valence-corrected chi connectivity index (χ2v) is 21.1. The lowest BCUT2D eigenvalue weighted by atomic mass is 9.91. The Hall–Kier alpha value is -4.57. The van der Waals surface area contributed by atoms with E-state index in [1.54, 1.807) is 12.1 Å². The van der Waals surface area contributed by atoms with E-state index in [1.807, 2.05) is 72.1 Å². The first-order valence-electron chi connectivity index (χ1n) is 14.9. The van der Waals surface area contributed by atoms with Crippen molar-refractivity contribution in [2.24, 2.45) is 0 Å². The normalized spacial score (nSPS) is 13.8. The first-order valence-corrected chi connectivity index (χ1v) is 21.7. The van der Waals surface area contributed by atoms with Gasteiger partial charge in [-0.2, -0.15) is 8.78 Å². The van der Waals surface area contributed by atoms with Gasteiger partial charge in [-0.15, -0.1) is 46.9 Å². The van der Waals surface area contributed by atoms with Crippen molar-refractivity contribution >= 4 is 90.9 Å². The minimum absolute atomic E-state index is 0.238. The minimum atomic E-state index is -2.40. The molecule has 0 saturated carbocycles. The molecule has 2 atom stereocenters. The molecule has 0 aliphatic heterocycles. The standard InChI is InChI=1S/C40H28F2S2Si2/c1-5-45(3,29-13-9-7-10-14-29)19-17-31-33-21-27-23-39(41)44-38(27)26-36(33)32(18-20-46(4,6-2)30-15-11-8-12-16-30)34-22-28-24-40(42)43-37(28)25-35(31)34/h5-16,21-26H,1-2H2,3-4H3. The number of hydrogen-bond acceptors (Lipinski definition) is 2. The number of fused-ring (bicyclic) bond motifs is 4. The average molecular weight is 667 g/mol. The van der Waals surface area contributed by atoms with E-state index < -0.39 is 16.1 Å². The average Bonchev–Trinajstić information content (AvgIpc) is 3.64. The van der Waals surface area contributed by atoms with E-state index in [9.17, 15) is 8.78 Å². The summed E-state index contributed by atoms with van der Waals surface area (Å²) in [5.41, 5.74) is 13.0. The van der Waals surface area contributed by atoms with E-state index in [1.165, 1.54) is 10.4 Å². The van der Waals surface area contributed by atoms with Crippen LogP contribution in [-0.4, -0.2) is 16.1 Å². The fourth-order valence-corrected chi connectivity index (χ4v) is 11.1. The maximum Gasteiger partial charge on any atom is 0.188 e. The van der Waals surface area contributed by atoms with E-state index in [2.05, 4.69) is 73.4 Å². The molecule has 5 aromatic carbocycles. The van der Waals surface area contributed by atoms with Crippen LogP contribution in [0.15, 0.2) is 122 Å². The molecule has 46 heavy (non-hydrogen) atoms. The highest BCUT2D eigenvalue weighted by molar-refractivity contribution is 7.18. The van der Waals surface area contributed by atoms with Gasteiger partial charge < -0.3 is 0 Å². The summed E-state index contributed by atoms with van der Waals surface area (Å²) in [5.74, 6) is 7.21. The molecule has 0 N–H and O–H groups in total. The van der Waals surface area contributed by atoms with Gasteiger partial charge in [0.25, 0.3) is 0 Å². The molecule has 0 saturated heterocycles. The maximum atomic E-state index is 14.6. The summed E-state index contributed by atoms with van der Waals surface area (Å²) >= 11 is 2.25. The second-order valence-electron chi connectivity index (χ2n) is 11.8. The van der Waals surface area contributed by atoms with Crippen molar-refractivity contribution in [3.05, 3.63) is 143 Å². The molecule has 0 nitrogen and oxygen atoms in total. The summed E-state index contributed by atoms with van der Waals surface area (Å²) in [6.45, 7) is 12.8. The Balaban J connectivity index is 1.61. The molecule has 0 amide bonds. The third-order valence-electron chi connectivity index (χ3n) is 8.79. The molecule has 2 heterocycles. The number of thiophene rings is 2. The molecule has 0 radical (unpaired) electrons. The van der Waals surface area contributed by atoms with Crippen molar-refractivity contribution in [3.8, 4) is 22.9 Å². The lowest BCUT2D eigenvalue weighted by Gasteiger charge is -2.18. The van der Waals surface area contributed by atoms with Gasteiger partial charge in [-0.05, 0) is 68.3 Å². The third kappa shape index (κ3) is 5.24. The SMILES string of the molecule is C=C[Si](C)(C#Cc1c2cc3cc(F)sc3cc2c(C#C[Si](C)(C=C)c2ccccc2)c2cc3cc(F)sc3cc12)c1ccccc1.